The molecule has 0 bridgehead atoms. The fourth-order valence-corrected chi connectivity index (χ4v) is 3.16. The molecule has 0 unspecified atom stereocenters. The summed E-state index contributed by atoms with van der Waals surface area (Å²) in [4.78, 5) is 14.8. The minimum Gasteiger partial charge on any atom is -0.465 e. The Bertz CT molecular complexity index is 279. The standard InChI is InChI=1S/C11H18N2O3/c14-11(15)13-6-9-8(10(9)7-13)5-12-1-3-16-4-2-12/h8-10H,1-7H2,(H,14,15)/t8-,9+,10-. The van der Waals surface area contributed by atoms with Crippen LogP contribution in [0.15, 0.2) is 0 Å². The normalized spacial score (nSPS) is 38.5. The molecule has 0 aromatic carbocycles. The quantitative estimate of drug-likeness (QED) is 0.729. The number of morpholine rings is 1. The first-order valence-electron chi connectivity index (χ1n) is 6.03. The molecule has 90 valence electrons. The van der Waals surface area contributed by atoms with E-state index in [0.717, 1.165) is 51.9 Å². The lowest BCUT2D eigenvalue weighted by Crippen LogP contribution is -2.39. The Kier molecular flexibility index (Phi) is 2.52. The molecule has 5 nitrogen and oxygen atoms in total. The van der Waals surface area contributed by atoms with Gasteiger partial charge in [-0.05, 0) is 17.8 Å². The van der Waals surface area contributed by atoms with Gasteiger partial charge in [-0.1, -0.05) is 0 Å². The molecule has 0 aromatic rings. The molecule has 3 fully saturated rings. The van der Waals surface area contributed by atoms with Crippen molar-refractivity contribution in [2.75, 3.05) is 45.9 Å². The highest BCUT2D eigenvalue weighted by Crippen LogP contribution is 2.51. The summed E-state index contributed by atoms with van der Waals surface area (Å²) < 4.78 is 5.32. The lowest BCUT2D eigenvalue weighted by Gasteiger charge is -2.27. The van der Waals surface area contributed by atoms with Crippen LogP contribution in [-0.2, 0) is 4.74 Å². The predicted molar refractivity (Wildman–Crippen MR) is 57.3 cm³/mol. The topological polar surface area (TPSA) is 53.0 Å². The Hall–Kier alpha value is -0.810. The number of piperidine rings is 1. The summed E-state index contributed by atoms with van der Waals surface area (Å²) in [5.74, 6) is 2.02. The smallest absolute Gasteiger partial charge is 0.407 e. The summed E-state index contributed by atoms with van der Waals surface area (Å²) in [6, 6.07) is 0. The first-order valence-corrected chi connectivity index (χ1v) is 6.03. The van der Waals surface area contributed by atoms with E-state index in [1.165, 1.54) is 0 Å². The number of rotatable bonds is 2. The van der Waals surface area contributed by atoms with Crippen LogP contribution in [0.4, 0.5) is 4.79 Å². The first-order chi connectivity index (χ1) is 7.75. The average Bonchev–Trinajstić information content (AvgIpc) is 2.76. The minimum absolute atomic E-state index is 0.638. The molecule has 3 rings (SSSR count). The van der Waals surface area contributed by atoms with Crippen molar-refractivity contribution in [2.45, 2.75) is 0 Å². The molecule has 3 aliphatic rings. The van der Waals surface area contributed by atoms with Gasteiger partial charge in [0.05, 0.1) is 13.2 Å². The van der Waals surface area contributed by atoms with Gasteiger partial charge in [0.15, 0.2) is 0 Å². The van der Waals surface area contributed by atoms with Crippen LogP contribution >= 0.6 is 0 Å². The van der Waals surface area contributed by atoms with Crippen molar-refractivity contribution in [1.82, 2.24) is 9.80 Å². The van der Waals surface area contributed by atoms with E-state index in [-0.39, 0.29) is 0 Å². The maximum absolute atomic E-state index is 10.8. The Morgan fingerprint density at radius 2 is 1.88 bits per heavy atom. The van der Waals surface area contributed by atoms with Crippen molar-refractivity contribution >= 4 is 6.09 Å². The monoisotopic (exact) mass is 226 g/mol. The summed E-state index contributed by atoms with van der Waals surface area (Å²) >= 11 is 0. The van der Waals surface area contributed by atoms with E-state index in [4.69, 9.17) is 9.84 Å². The largest absolute Gasteiger partial charge is 0.465 e. The van der Waals surface area contributed by atoms with Crippen molar-refractivity contribution in [3.05, 3.63) is 0 Å². The molecule has 1 aliphatic carbocycles. The summed E-state index contributed by atoms with van der Waals surface area (Å²) in [6.45, 7) is 6.44. The van der Waals surface area contributed by atoms with Crippen LogP contribution in [0, 0.1) is 17.8 Å². The lowest BCUT2D eigenvalue weighted by atomic mass is 10.2. The third-order valence-corrected chi connectivity index (χ3v) is 4.21. The van der Waals surface area contributed by atoms with E-state index in [0.29, 0.717) is 11.8 Å². The van der Waals surface area contributed by atoms with Gasteiger partial charge in [0.1, 0.15) is 0 Å². The fraction of sp³-hybridized carbons (Fsp3) is 0.909. The van der Waals surface area contributed by atoms with Gasteiger partial charge in [-0.3, -0.25) is 4.90 Å². The Morgan fingerprint density at radius 3 is 2.44 bits per heavy atom. The van der Waals surface area contributed by atoms with Crippen LogP contribution in [0.2, 0.25) is 0 Å². The van der Waals surface area contributed by atoms with Gasteiger partial charge in [-0.15, -0.1) is 0 Å². The van der Waals surface area contributed by atoms with Crippen molar-refractivity contribution in [1.29, 1.82) is 0 Å². The maximum Gasteiger partial charge on any atom is 0.407 e. The number of carboxylic acid groups (broad SMARTS) is 1. The van der Waals surface area contributed by atoms with Crippen molar-refractivity contribution in [3.8, 4) is 0 Å². The molecular weight excluding hydrogens is 208 g/mol. The molecule has 3 atom stereocenters. The van der Waals surface area contributed by atoms with Crippen LogP contribution in [0.5, 0.6) is 0 Å². The zero-order valence-corrected chi connectivity index (χ0v) is 9.34. The SMILES string of the molecule is O=C(O)N1C[C@@H]2[C@H](CN3CCOCC3)[C@@H]2C1. The Morgan fingerprint density at radius 1 is 1.25 bits per heavy atom. The minimum atomic E-state index is -0.752. The van der Waals surface area contributed by atoms with Crippen molar-refractivity contribution in [2.24, 2.45) is 17.8 Å². The zero-order valence-electron chi connectivity index (χ0n) is 9.34. The summed E-state index contributed by atoms with van der Waals surface area (Å²) in [5, 5.41) is 8.86. The lowest BCUT2D eigenvalue weighted by molar-refractivity contribution is 0.0335. The number of fused-ring (bicyclic) bond motifs is 1. The van der Waals surface area contributed by atoms with E-state index in [2.05, 4.69) is 4.90 Å². The highest BCUT2D eigenvalue weighted by atomic mass is 16.5. The van der Waals surface area contributed by atoms with E-state index in [1.54, 1.807) is 4.90 Å². The number of hydrogen-bond acceptors (Lipinski definition) is 3. The van der Waals surface area contributed by atoms with Gasteiger partial charge in [-0.2, -0.15) is 0 Å². The van der Waals surface area contributed by atoms with Gasteiger partial charge in [0, 0.05) is 32.7 Å². The summed E-state index contributed by atoms with van der Waals surface area (Å²) in [6.07, 6.45) is -0.752. The molecule has 1 amide bonds. The second-order valence-corrected chi connectivity index (χ2v) is 5.09. The van der Waals surface area contributed by atoms with Gasteiger partial charge in [-0.25, -0.2) is 4.79 Å². The number of ether oxygens (including phenoxy) is 1. The van der Waals surface area contributed by atoms with Gasteiger partial charge < -0.3 is 14.7 Å². The third kappa shape index (κ3) is 1.78. The molecule has 2 aliphatic heterocycles. The zero-order chi connectivity index (χ0) is 11.1. The second kappa shape index (κ2) is 3.89. The fourth-order valence-electron chi connectivity index (χ4n) is 3.16. The maximum atomic E-state index is 10.8. The molecule has 0 spiro atoms. The van der Waals surface area contributed by atoms with Crippen molar-refractivity contribution < 1.29 is 14.6 Å². The number of carbonyl (C=O) groups is 1. The highest BCUT2D eigenvalue weighted by molar-refractivity contribution is 5.65. The van der Waals surface area contributed by atoms with E-state index in [9.17, 15) is 4.79 Å². The summed E-state index contributed by atoms with van der Waals surface area (Å²) in [7, 11) is 0. The molecule has 2 saturated heterocycles. The second-order valence-electron chi connectivity index (χ2n) is 5.09. The molecule has 0 radical (unpaired) electrons. The van der Waals surface area contributed by atoms with Crippen molar-refractivity contribution in [3.63, 3.8) is 0 Å². The van der Waals surface area contributed by atoms with Crippen LogP contribution in [0.25, 0.3) is 0 Å². The number of hydrogen-bond donors (Lipinski definition) is 1. The predicted octanol–water partition coefficient (Wildman–Crippen LogP) is 0.174. The molecule has 1 N–H and O–H groups in total. The van der Waals surface area contributed by atoms with Crippen LogP contribution in [0.1, 0.15) is 0 Å². The highest BCUT2D eigenvalue weighted by Gasteiger charge is 2.56. The average molecular weight is 226 g/mol. The molecule has 1 saturated carbocycles. The molecular formula is C11H18N2O3. The van der Waals surface area contributed by atoms with Gasteiger partial charge in [0.25, 0.3) is 0 Å². The van der Waals surface area contributed by atoms with Crippen LogP contribution < -0.4 is 0 Å². The molecule has 5 heteroatoms. The van der Waals surface area contributed by atoms with E-state index < -0.39 is 6.09 Å². The third-order valence-electron chi connectivity index (χ3n) is 4.21. The van der Waals surface area contributed by atoms with Crippen LogP contribution in [-0.4, -0.2) is 66.9 Å². The Balaban J connectivity index is 1.46. The first kappa shape index (κ1) is 10.4. The number of amides is 1. The van der Waals surface area contributed by atoms with Gasteiger partial charge in [0.2, 0.25) is 0 Å². The Labute approximate surface area is 95.0 Å². The number of nitrogens with zero attached hydrogens (tertiary/aromatic N) is 2. The molecule has 16 heavy (non-hydrogen) atoms. The molecule has 0 aromatic heterocycles. The van der Waals surface area contributed by atoms with E-state index in [1.807, 2.05) is 0 Å². The van der Waals surface area contributed by atoms with Crippen LogP contribution in [0.3, 0.4) is 0 Å². The van der Waals surface area contributed by atoms with E-state index >= 15 is 0 Å². The summed E-state index contributed by atoms with van der Waals surface area (Å²) in [5.41, 5.74) is 0. The number of likely N-dealkylation sites (tertiary alicyclic amines) is 1. The molecule has 2 heterocycles. The van der Waals surface area contributed by atoms with Gasteiger partial charge >= 0.3 is 6.09 Å².